The number of nitrogens with zero attached hydrogens (tertiary/aromatic N) is 3. The molecule has 0 unspecified atom stereocenters. The van der Waals surface area contributed by atoms with Crippen LogP contribution in [0.5, 0.6) is 5.75 Å². The number of hydrogen-bond donors (Lipinski definition) is 0. The summed E-state index contributed by atoms with van der Waals surface area (Å²) >= 11 is 3.36. The van der Waals surface area contributed by atoms with Gasteiger partial charge in [-0.3, -0.25) is 9.48 Å². The van der Waals surface area contributed by atoms with Crippen molar-refractivity contribution in [2.45, 2.75) is 6.42 Å². The van der Waals surface area contributed by atoms with Gasteiger partial charge in [0, 0.05) is 23.3 Å². The third kappa shape index (κ3) is 2.76. The lowest BCUT2D eigenvalue weighted by Gasteiger charge is -2.05. The number of ketones is 1. The molecule has 0 aliphatic rings. The summed E-state index contributed by atoms with van der Waals surface area (Å²) in [6, 6.07) is 5.30. The molecule has 94 valence electrons. The van der Waals surface area contributed by atoms with E-state index < -0.39 is 0 Å². The molecule has 0 saturated heterocycles. The first kappa shape index (κ1) is 12.8. The number of carbonyl (C=O) groups excluding carboxylic acids is 1. The Morgan fingerprint density at radius 1 is 1.50 bits per heavy atom. The van der Waals surface area contributed by atoms with Crippen LogP contribution >= 0.6 is 15.9 Å². The van der Waals surface area contributed by atoms with Crippen LogP contribution in [-0.2, 0) is 13.5 Å². The third-order valence-electron chi connectivity index (χ3n) is 2.47. The second kappa shape index (κ2) is 5.30. The van der Waals surface area contributed by atoms with Gasteiger partial charge in [0.15, 0.2) is 5.78 Å². The fourth-order valence-corrected chi connectivity index (χ4v) is 2.05. The highest BCUT2D eigenvalue weighted by Crippen LogP contribution is 2.23. The van der Waals surface area contributed by atoms with Gasteiger partial charge in [-0.05, 0) is 18.2 Å². The monoisotopic (exact) mass is 309 g/mol. The van der Waals surface area contributed by atoms with Crippen molar-refractivity contribution in [2.24, 2.45) is 7.05 Å². The molecular formula is C12H12BrN3O2. The Morgan fingerprint density at radius 3 is 2.89 bits per heavy atom. The molecule has 0 aliphatic heterocycles. The summed E-state index contributed by atoms with van der Waals surface area (Å²) in [7, 11) is 3.34. The second-order valence-electron chi connectivity index (χ2n) is 3.83. The van der Waals surface area contributed by atoms with E-state index in [1.165, 1.54) is 0 Å². The van der Waals surface area contributed by atoms with Crippen molar-refractivity contribution in [3.05, 3.63) is 40.1 Å². The van der Waals surface area contributed by atoms with Crippen molar-refractivity contribution in [1.29, 1.82) is 0 Å². The Hall–Kier alpha value is -1.69. The minimum Gasteiger partial charge on any atom is -0.497 e. The molecule has 0 aliphatic carbocycles. The van der Waals surface area contributed by atoms with E-state index in [9.17, 15) is 4.79 Å². The van der Waals surface area contributed by atoms with E-state index in [2.05, 4.69) is 26.2 Å². The molecule has 0 amide bonds. The molecule has 0 saturated carbocycles. The van der Waals surface area contributed by atoms with Gasteiger partial charge in [0.2, 0.25) is 0 Å². The van der Waals surface area contributed by atoms with E-state index in [1.807, 2.05) is 0 Å². The molecule has 1 aromatic carbocycles. The molecule has 5 nitrogen and oxygen atoms in total. The normalized spacial score (nSPS) is 10.4. The summed E-state index contributed by atoms with van der Waals surface area (Å²) in [6.45, 7) is 0. The number of aryl methyl sites for hydroxylation is 1. The summed E-state index contributed by atoms with van der Waals surface area (Å²) in [4.78, 5) is 12.1. The highest BCUT2D eigenvalue weighted by molar-refractivity contribution is 9.10. The average molecular weight is 310 g/mol. The third-order valence-corrected chi connectivity index (χ3v) is 3.16. The Bertz CT molecular complexity index is 580. The van der Waals surface area contributed by atoms with Gasteiger partial charge in [-0.2, -0.15) is 0 Å². The van der Waals surface area contributed by atoms with Crippen LogP contribution in [0.25, 0.3) is 0 Å². The number of halogens is 1. The van der Waals surface area contributed by atoms with Gasteiger partial charge in [0.1, 0.15) is 5.75 Å². The summed E-state index contributed by atoms with van der Waals surface area (Å²) in [5, 5.41) is 7.70. The highest BCUT2D eigenvalue weighted by Gasteiger charge is 2.13. The van der Waals surface area contributed by atoms with E-state index in [0.29, 0.717) is 17.0 Å². The van der Waals surface area contributed by atoms with Gasteiger partial charge in [0.05, 0.1) is 19.2 Å². The van der Waals surface area contributed by atoms with Crippen LogP contribution in [0, 0.1) is 0 Å². The Kier molecular flexibility index (Phi) is 3.76. The van der Waals surface area contributed by atoms with Crippen molar-refractivity contribution in [3.63, 3.8) is 0 Å². The van der Waals surface area contributed by atoms with E-state index in [4.69, 9.17) is 4.74 Å². The lowest BCUT2D eigenvalue weighted by molar-refractivity contribution is 0.0991. The SMILES string of the molecule is COc1ccc(Br)c(C(=O)Cc2cn(C)nn2)c1. The zero-order valence-corrected chi connectivity index (χ0v) is 11.6. The van der Waals surface area contributed by atoms with Crippen LogP contribution in [0.4, 0.5) is 0 Å². The lowest BCUT2D eigenvalue weighted by Crippen LogP contribution is -2.05. The molecule has 1 aromatic heterocycles. The number of rotatable bonds is 4. The summed E-state index contributed by atoms with van der Waals surface area (Å²) in [5.74, 6) is 0.627. The van der Waals surface area contributed by atoms with Crippen molar-refractivity contribution < 1.29 is 9.53 Å². The lowest BCUT2D eigenvalue weighted by atomic mass is 10.1. The van der Waals surface area contributed by atoms with E-state index in [1.54, 1.807) is 43.2 Å². The summed E-state index contributed by atoms with van der Waals surface area (Å²) in [5.41, 5.74) is 1.23. The maximum atomic E-state index is 12.1. The fraction of sp³-hybridized carbons (Fsp3) is 0.250. The van der Waals surface area contributed by atoms with Gasteiger partial charge in [-0.1, -0.05) is 21.1 Å². The minimum atomic E-state index is -0.0266. The van der Waals surface area contributed by atoms with Crippen molar-refractivity contribution in [3.8, 4) is 5.75 Å². The molecule has 0 bridgehead atoms. The van der Waals surface area contributed by atoms with Crippen LogP contribution in [0.1, 0.15) is 16.1 Å². The molecule has 0 radical (unpaired) electrons. The number of carbonyl (C=O) groups is 1. The molecule has 18 heavy (non-hydrogen) atoms. The molecular weight excluding hydrogens is 298 g/mol. The van der Waals surface area contributed by atoms with E-state index in [-0.39, 0.29) is 12.2 Å². The van der Waals surface area contributed by atoms with Crippen molar-refractivity contribution in [1.82, 2.24) is 15.0 Å². The van der Waals surface area contributed by atoms with Crippen LogP contribution in [0.15, 0.2) is 28.9 Å². The van der Waals surface area contributed by atoms with Gasteiger partial charge >= 0.3 is 0 Å². The topological polar surface area (TPSA) is 57.0 Å². The van der Waals surface area contributed by atoms with Crippen LogP contribution in [0.3, 0.4) is 0 Å². The van der Waals surface area contributed by atoms with Gasteiger partial charge in [-0.25, -0.2) is 0 Å². The number of ether oxygens (including phenoxy) is 1. The standard InChI is InChI=1S/C12H12BrN3O2/c1-16-7-8(14-15-16)5-12(17)10-6-9(18-2)3-4-11(10)13/h3-4,6-7H,5H2,1-2H3. The Labute approximate surface area is 113 Å². The number of aromatic nitrogens is 3. The molecule has 0 N–H and O–H groups in total. The van der Waals surface area contributed by atoms with Crippen LogP contribution in [0.2, 0.25) is 0 Å². The molecule has 1 heterocycles. The zero-order valence-electron chi connectivity index (χ0n) is 10.1. The smallest absolute Gasteiger partial charge is 0.170 e. The Balaban J connectivity index is 2.23. The molecule has 0 atom stereocenters. The number of methoxy groups -OCH3 is 1. The van der Waals surface area contributed by atoms with Crippen molar-refractivity contribution in [2.75, 3.05) is 7.11 Å². The van der Waals surface area contributed by atoms with Crippen LogP contribution in [-0.4, -0.2) is 27.9 Å². The average Bonchev–Trinajstić information content (AvgIpc) is 2.75. The van der Waals surface area contributed by atoms with Gasteiger partial charge < -0.3 is 4.74 Å². The maximum absolute atomic E-state index is 12.1. The maximum Gasteiger partial charge on any atom is 0.170 e. The first-order valence-corrected chi connectivity index (χ1v) is 6.11. The minimum absolute atomic E-state index is 0.0266. The summed E-state index contributed by atoms with van der Waals surface area (Å²) < 4.78 is 7.43. The largest absolute Gasteiger partial charge is 0.497 e. The molecule has 2 rings (SSSR count). The molecule has 2 aromatic rings. The van der Waals surface area contributed by atoms with Crippen LogP contribution < -0.4 is 4.74 Å². The predicted molar refractivity (Wildman–Crippen MR) is 69.7 cm³/mol. The number of Topliss-reactive ketones (excluding diaryl/α,β-unsaturated/α-hetero) is 1. The zero-order chi connectivity index (χ0) is 13.1. The van der Waals surface area contributed by atoms with E-state index >= 15 is 0 Å². The fourth-order valence-electron chi connectivity index (χ4n) is 1.58. The number of benzene rings is 1. The summed E-state index contributed by atoms with van der Waals surface area (Å²) in [6.07, 6.45) is 1.95. The first-order valence-electron chi connectivity index (χ1n) is 5.32. The molecule has 0 fully saturated rings. The van der Waals surface area contributed by atoms with E-state index in [0.717, 1.165) is 4.47 Å². The quantitative estimate of drug-likeness (QED) is 0.811. The van der Waals surface area contributed by atoms with Gasteiger partial charge in [0.25, 0.3) is 0 Å². The van der Waals surface area contributed by atoms with Gasteiger partial charge in [-0.15, -0.1) is 5.10 Å². The first-order chi connectivity index (χ1) is 8.60. The van der Waals surface area contributed by atoms with Crippen molar-refractivity contribution >= 4 is 21.7 Å². The second-order valence-corrected chi connectivity index (χ2v) is 4.68. The Morgan fingerprint density at radius 2 is 2.28 bits per heavy atom. The highest BCUT2D eigenvalue weighted by atomic mass is 79.9. The number of hydrogen-bond acceptors (Lipinski definition) is 4. The molecule has 0 spiro atoms. The predicted octanol–water partition coefficient (Wildman–Crippen LogP) is 2.01. The molecule has 6 heteroatoms.